The second kappa shape index (κ2) is 5.78. The van der Waals surface area contributed by atoms with Gasteiger partial charge in [0.2, 0.25) is 0 Å². The zero-order valence-corrected chi connectivity index (χ0v) is 13.5. The quantitative estimate of drug-likeness (QED) is 0.779. The van der Waals surface area contributed by atoms with E-state index in [-0.39, 0.29) is 30.6 Å². The predicted molar refractivity (Wildman–Crippen MR) is 83.6 cm³/mol. The lowest BCUT2D eigenvalue weighted by atomic mass is 9.85. The van der Waals surface area contributed by atoms with Crippen molar-refractivity contribution in [3.63, 3.8) is 0 Å². The Balaban J connectivity index is 1.41. The number of urea groups is 1. The van der Waals surface area contributed by atoms with Crippen molar-refractivity contribution in [3.8, 4) is 0 Å². The van der Waals surface area contributed by atoms with Crippen molar-refractivity contribution >= 4 is 6.03 Å². The summed E-state index contributed by atoms with van der Waals surface area (Å²) in [7, 11) is 0. The number of nitrogens with zero attached hydrogens (tertiary/aromatic N) is 3. The summed E-state index contributed by atoms with van der Waals surface area (Å²) in [6.45, 7) is 2.92. The first kappa shape index (κ1) is 14.9. The monoisotopic (exact) mass is 319 g/mol. The van der Waals surface area contributed by atoms with E-state index >= 15 is 0 Å². The van der Waals surface area contributed by atoms with Gasteiger partial charge in [-0.25, -0.2) is 14.5 Å². The van der Waals surface area contributed by atoms with Crippen LogP contribution >= 0.6 is 0 Å². The maximum atomic E-state index is 12.5. The lowest BCUT2D eigenvalue weighted by molar-refractivity contribution is 0.143. The number of aryl methyl sites for hydroxylation is 2. The van der Waals surface area contributed by atoms with E-state index in [0.29, 0.717) is 11.8 Å². The largest absolute Gasteiger partial charge is 0.396 e. The summed E-state index contributed by atoms with van der Waals surface area (Å²) < 4.78 is 1.90. The first-order chi connectivity index (χ1) is 11.2. The molecule has 0 aromatic carbocycles. The average Bonchev–Trinajstić information content (AvgIpc) is 3.20. The van der Waals surface area contributed by atoms with E-state index in [4.69, 9.17) is 0 Å². The maximum Gasteiger partial charge on any atom is 0.315 e. The van der Waals surface area contributed by atoms with E-state index in [1.165, 1.54) is 12.8 Å². The molecule has 1 aromatic rings. The minimum atomic E-state index is -0.139. The van der Waals surface area contributed by atoms with Crippen molar-refractivity contribution in [3.05, 3.63) is 11.6 Å². The highest BCUT2D eigenvalue weighted by atomic mass is 16.3. The average molecular weight is 319 g/mol. The number of fused-ring (bicyclic) bond motifs is 3. The molecule has 0 radical (unpaired) electrons. The van der Waals surface area contributed by atoms with Crippen LogP contribution in [-0.4, -0.2) is 38.6 Å². The fourth-order valence-electron chi connectivity index (χ4n) is 4.85. The number of nitrogens with one attached hydrogen (secondary N) is 2. The molecule has 1 aliphatic heterocycles. The van der Waals surface area contributed by atoms with Crippen molar-refractivity contribution in [1.29, 1.82) is 0 Å². The zero-order chi connectivity index (χ0) is 16.0. The summed E-state index contributed by atoms with van der Waals surface area (Å²) in [5.41, 5.74) is 0. The molecule has 3 N–H and O–H groups in total. The van der Waals surface area contributed by atoms with Gasteiger partial charge in [-0.05, 0) is 50.9 Å². The smallest absolute Gasteiger partial charge is 0.315 e. The molecule has 126 valence electrons. The Morgan fingerprint density at radius 1 is 1.30 bits per heavy atom. The van der Waals surface area contributed by atoms with Crippen LogP contribution in [0.5, 0.6) is 0 Å². The van der Waals surface area contributed by atoms with Gasteiger partial charge in [0.05, 0.1) is 6.04 Å². The number of aliphatic hydroxyl groups excluding tert-OH is 1. The number of hydrogen-bond acceptors (Lipinski definition) is 4. The van der Waals surface area contributed by atoms with E-state index < -0.39 is 0 Å². The fourth-order valence-corrected chi connectivity index (χ4v) is 4.85. The van der Waals surface area contributed by atoms with Crippen molar-refractivity contribution in [2.24, 2.45) is 17.8 Å². The van der Waals surface area contributed by atoms with Gasteiger partial charge in [-0.1, -0.05) is 0 Å². The van der Waals surface area contributed by atoms with E-state index in [9.17, 15) is 9.90 Å². The maximum absolute atomic E-state index is 12.5. The highest BCUT2D eigenvalue weighted by Crippen LogP contribution is 2.48. The Kier molecular flexibility index (Phi) is 3.75. The van der Waals surface area contributed by atoms with Crippen molar-refractivity contribution in [2.75, 3.05) is 6.61 Å². The van der Waals surface area contributed by atoms with Crippen LogP contribution in [0.15, 0.2) is 0 Å². The molecular weight excluding hydrogens is 294 g/mol. The molecule has 7 nitrogen and oxygen atoms in total. The van der Waals surface area contributed by atoms with Gasteiger partial charge in [-0.2, -0.15) is 5.10 Å². The van der Waals surface area contributed by atoms with Crippen LogP contribution in [-0.2, 0) is 6.54 Å². The Hall–Kier alpha value is -1.63. The summed E-state index contributed by atoms with van der Waals surface area (Å²) in [6, 6.07) is -0.0989. The molecule has 0 saturated heterocycles. The number of carbonyl (C=O) groups excluding carboxylic acids is 1. The molecule has 0 spiro atoms. The van der Waals surface area contributed by atoms with Crippen molar-refractivity contribution in [2.45, 2.75) is 57.7 Å². The zero-order valence-electron chi connectivity index (χ0n) is 13.5. The van der Waals surface area contributed by atoms with Gasteiger partial charge >= 0.3 is 6.03 Å². The lowest BCUT2D eigenvalue weighted by Crippen LogP contribution is -2.50. The number of amides is 2. The third-order valence-electron chi connectivity index (χ3n) is 5.88. The molecule has 2 amide bonds. The summed E-state index contributed by atoms with van der Waals surface area (Å²) >= 11 is 0. The number of hydrogen-bond donors (Lipinski definition) is 3. The van der Waals surface area contributed by atoms with Crippen LogP contribution in [0.1, 0.15) is 49.8 Å². The molecule has 1 aromatic heterocycles. The lowest BCUT2D eigenvalue weighted by Gasteiger charge is -2.31. The molecule has 2 heterocycles. The van der Waals surface area contributed by atoms with Gasteiger partial charge in [-0.3, -0.25) is 0 Å². The fraction of sp³-hybridized carbons (Fsp3) is 0.812. The molecule has 2 bridgehead atoms. The second-order valence-electron chi connectivity index (χ2n) is 7.26. The minimum absolute atomic E-state index is 0.0730. The molecule has 7 heteroatoms. The molecule has 4 rings (SSSR count). The Labute approximate surface area is 135 Å². The van der Waals surface area contributed by atoms with Crippen LogP contribution in [0.3, 0.4) is 0 Å². The van der Waals surface area contributed by atoms with Crippen LogP contribution in [0.2, 0.25) is 0 Å². The van der Waals surface area contributed by atoms with Crippen LogP contribution in [0.25, 0.3) is 0 Å². The number of carbonyl (C=O) groups is 1. The SMILES string of the molecule is Cc1nc2n(n1)CCCC2NC(=O)NC1C2CCC(C2)C1CO. The van der Waals surface area contributed by atoms with E-state index in [0.717, 1.165) is 37.5 Å². The number of aromatic nitrogens is 3. The van der Waals surface area contributed by atoms with Gasteiger partial charge < -0.3 is 15.7 Å². The third-order valence-corrected chi connectivity index (χ3v) is 5.88. The number of aliphatic hydroxyl groups is 1. The molecule has 2 fully saturated rings. The van der Waals surface area contributed by atoms with Gasteiger partial charge in [0.15, 0.2) is 0 Å². The Morgan fingerprint density at radius 3 is 2.96 bits per heavy atom. The highest BCUT2D eigenvalue weighted by Gasteiger charge is 2.47. The normalized spacial score (nSPS) is 35.1. The van der Waals surface area contributed by atoms with Crippen molar-refractivity contribution in [1.82, 2.24) is 25.4 Å². The topological polar surface area (TPSA) is 92.1 Å². The summed E-state index contributed by atoms with van der Waals surface area (Å²) in [5, 5.41) is 20.2. The Morgan fingerprint density at radius 2 is 2.13 bits per heavy atom. The van der Waals surface area contributed by atoms with Crippen LogP contribution in [0, 0.1) is 24.7 Å². The highest BCUT2D eigenvalue weighted by molar-refractivity contribution is 5.74. The van der Waals surface area contributed by atoms with E-state index in [1.807, 2.05) is 11.6 Å². The third kappa shape index (κ3) is 2.60. The van der Waals surface area contributed by atoms with Gasteiger partial charge in [0.25, 0.3) is 0 Å². The van der Waals surface area contributed by atoms with E-state index in [2.05, 4.69) is 20.7 Å². The standard InChI is InChI=1S/C16H25N5O2/c1-9-17-15-13(3-2-6-21(15)20-9)18-16(23)19-14-11-5-4-10(7-11)12(14)8-22/h10-14,22H,2-8H2,1H3,(H2,18,19,23). The Bertz CT molecular complexity index is 601. The molecule has 5 unspecified atom stereocenters. The summed E-state index contributed by atoms with van der Waals surface area (Å²) in [4.78, 5) is 16.9. The number of rotatable bonds is 3. The molecular formula is C16H25N5O2. The molecule has 3 aliphatic rings. The summed E-state index contributed by atoms with van der Waals surface area (Å²) in [5.74, 6) is 2.94. The summed E-state index contributed by atoms with van der Waals surface area (Å²) in [6.07, 6.45) is 5.40. The molecule has 5 atom stereocenters. The molecule has 23 heavy (non-hydrogen) atoms. The first-order valence-electron chi connectivity index (χ1n) is 8.75. The van der Waals surface area contributed by atoms with Crippen LogP contribution in [0.4, 0.5) is 4.79 Å². The minimum Gasteiger partial charge on any atom is -0.396 e. The van der Waals surface area contributed by atoms with Crippen LogP contribution < -0.4 is 10.6 Å². The van der Waals surface area contributed by atoms with Gasteiger partial charge in [0.1, 0.15) is 11.6 Å². The molecule has 2 saturated carbocycles. The van der Waals surface area contributed by atoms with E-state index in [1.54, 1.807) is 0 Å². The predicted octanol–water partition coefficient (Wildman–Crippen LogP) is 1.13. The second-order valence-corrected chi connectivity index (χ2v) is 7.26. The van der Waals surface area contributed by atoms with Crippen molar-refractivity contribution < 1.29 is 9.90 Å². The molecule has 2 aliphatic carbocycles. The first-order valence-corrected chi connectivity index (χ1v) is 8.75. The van der Waals surface area contributed by atoms with Gasteiger partial charge in [-0.15, -0.1) is 0 Å². The van der Waals surface area contributed by atoms with Gasteiger partial charge in [0, 0.05) is 25.1 Å².